The number of esters is 4. The van der Waals surface area contributed by atoms with E-state index >= 15 is 0 Å². The monoisotopic (exact) mass is 622 g/mol. The van der Waals surface area contributed by atoms with Crippen LogP contribution in [0.3, 0.4) is 0 Å². The van der Waals surface area contributed by atoms with Gasteiger partial charge >= 0.3 is 23.9 Å². The number of hydrogen-bond donors (Lipinski definition) is 0. The first-order valence-electron chi connectivity index (χ1n) is 14.1. The molecular weight excluding hydrogens is 592 g/mol. The maximum Gasteiger partial charge on any atom is 0.305 e. The quantitative estimate of drug-likeness (QED) is 0.202. The Kier molecular flexibility index (Phi) is 8.64. The Morgan fingerprint density at radius 1 is 0.778 bits per heavy atom. The lowest BCUT2D eigenvalue weighted by atomic mass is 9.90. The van der Waals surface area contributed by atoms with Crippen LogP contribution in [0.25, 0.3) is 22.0 Å². The topological polar surface area (TPSA) is 183 Å². The lowest BCUT2D eigenvalue weighted by Gasteiger charge is -2.43. The zero-order chi connectivity index (χ0) is 32.6. The van der Waals surface area contributed by atoms with E-state index in [-0.39, 0.29) is 13.1 Å². The van der Waals surface area contributed by atoms with Crippen LogP contribution < -0.4 is 0 Å². The van der Waals surface area contributed by atoms with Crippen LogP contribution >= 0.6 is 0 Å². The van der Waals surface area contributed by atoms with Gasteiger partial charge in [-0.1, -0.05) is 23.4 Å². The average Bonchev–Trinajstić information content (AvgIpc) is 3.42. The van der Waals surface area contributed by atoms with Crippen LogP contribution in [-0.2, 0) is 49.4 Å². The number of hydrogen-bond acceptors (Lipinski definition) is 13. The molecule has 0 spiro atoms. The summed E-state index contributed by atoms with van der Waals surface area (Å²) in [5.74, 6) is -3.92. The number of benzene rings is 2. The summed E-state index contributed by atoms with van der Waals surface area (Å²) in [4.78, 5) is 75.7. The van der Waals surface area contributed by atoms with Gasteiger partial charge in [0, 0.05) is 56.3 Å². The fraction of sp³-hybridized carbons (Fsp3) is 0.400. The minimum absolute atomic E-state index is 0.181. The molecule has 1 unspecified atom stereocenters. The Morgan fingerprint density at radius 3 is 1.98 bits per heavy atom. The fourth-order valence-electron chi connectivity index (χ4n) is 5.69. The standard InChI is InChI=1S/C30H30N4O11/c1-6-33-28(39)20-9-7-8-19-18(10-11-21(24(19)20)29(33)40)22-12-31-32-34(22)13-23-25(41-14(2)35)26(42-15(3)36)27(43-16(4)37)30(45-23)44-17(5)38/h7-12,23,25-27,30H,6,13H2,1-5H3/t23-,25+,26+,27-,30?/m0/s1. The van der Waals surface area contributed by atoms with Crippen molar-refractivity contribution in [1.82, 2.24) is 19.9 Å². The summed E-state index contributed by atoms with van der Waals surface area (Å²) in [5.41, 5.74) is 1.77. The number of nitrogens with zero attached hydrogens (tertiary/aromatic N) is 4. The molecular formula is C30H30N4O11. The Balaban J connectivity index is 1.58. The molecule has 2 amide bonds. The SMILES string of the molecule is CCN1C(=O)c2cccc3c(-c4cnnn4C[C@@H]4OC(OC(C)=O)[C@@H](OC(C)=O)[C@H](OC(C)=O)[C@@H]4OC(C)=O)ccc(c23)C1=O. The van der Waals surface area contributed by atoms with E-state index in [1.807, 2.05) is 0 Å². The summed E-state index contributed by atoms with van der Waals surface area (Å²) in [6.07, 6.45) is -5.48. The van der Waals surface area contributed by atoms with Crippen molar-refractivity contribution >= 4 is 46.5 Å². The third-order valence-electron chi connectivity index (χ3n) is 7.33. The molecule has 1 fully saturated rings. The van der Waals surface area contributed by atoms with Crippen molar-refractivity contribution in [2.75, 3.05) is 6.54 Å². The zero-order valence-corrected chi connectivity index (χ0v) is 25.0. The number of amides is 2. The highest BCUT2D eigenvalue weighted by Crippen LogP contribution is 2.37. The van der Waals surface area contributed by atoms with E-state index in [0.717, 1.165) is 27.7 Å². The minimum atomic E-state index is -1.54. The van der Waals surface area contributed by atoms with Crippen LogP contribution in [0.1, 0.15) is 55.3 Å². The number of carbonyl (C=O) groups excluding carboxylic acids is 6. The Bertz CT molecular complexity index is 1690. The maximum absolute atomic E-state index is 13.1. The van der Waals surface area contributed by atoms with Crippen molar-refractivity contribution in [3.8, 4) is 11.3 Å². The Labute approximate surface area is 256 Å². The highest BCUT2D eigenvalue weighted by molar-refractivity contribution is 6.26. The van der Waals surface area contributed by atoms with E-state index < -0.39 is 66.4 Å². The molecule has 5 rings (SSSR count). The number of carbonyl (C=O) groups is 6. The highest BCUT2D eigenvalue weighted by Gasteiger charge is 2.53. The van der Waals surface area contributed by atoms with Crippen LogP contribution in [0.15, 0.2) is 36.5 Å². The smallest absolute Gasteiger partial charge is 0.305 e. The molecule has 1 saturated heterocycles. The molecule has 2 aliphatic heterocycles. The van der Waals surface area contributed by atoms with Crippen molar-refractivity contribution in [1.29, 1.82) is 0 Å². The van der Waals surface area contributed by atoms with Gasteiger partial charge < -0.3 is 23.7 Å². The average molecular weight is 623 g/mol. The number of imide groups is 1. The molecule has 1 aromatic heterocycles. The van der Waals surface area contributed by atoms with Gasteiger partial charge in [-0.3, -0.25) is 33.7 Å². The largest absolute Gasteiger partial charge is 0.456 e. The van der Waals surface area contributed by atoms with E-state index in [4.69, 9.17) is 23.7 Å². The van der Waals surface area contributed by atoms with E-state index in [9.17, 15) is 28.8 Å². The molecule has 2 aromatic carbocycles. The molecule has 0 radical (unpaired) electrons. The molecule has 0 N–H and O–H groups in total. The third kappa shape index (κ3) is 5.98. The van der Waals surface area contributed by atoms with Gasteiger partial charge in [0.1, 0.15) is 6.10 Å². The Morgan fingerprint density at radius 2 is 1.36 bits per heavy atom. The molecule has 45 heavy (non-hydrogen) atoms. The Hall–Kier alpha value is -5.18. The summed E-state index contributed by atoms with van der Waals surface area (Å²) in [6.45, 7) is 6.24. The lowest BCUT2D eigenvalue weighted by Crippen LogP contribution is -2.62. The predicted octanol–water partition coefficient (Wildman–Crippen LogP) is 1.80. The fourth-order valence-corrected chi connectivity index (χ4v) is 5.69. The van der Waals surface area contributed by atoms with Crippen molar-refractivity contribution in [2.24, 2.45) is 0 Å². The van der Waals surface area contributed by atoms with Crippen LogP contribution in [0, 0.1) is 0 Å². The lowest BCUT2D eigenvalue weighted by molar-refractivity contribution is -0.297. The van der Waals surface area contributed by atoms with Crippen LogP contribution in [0.4, 0.5) is 0 Å². The van der Waals surface area contributed by atoms with Crippen molar-refractivity contribution in [3.05, 3.63) is 47.7 Å². The maximum atomic E-state index is 13.1. The molecule has 15 heteroatoms. The van der Waals surface area contributed by atoms with Gasteiger partial charge in [0.05, 0.1) is 18.4 Å². The van der Waals surface area contributed by atoms with Gasteiger partial charge in [-0.25, -0.2) is 4.68 Å². The summed E-state index contributed by atoms with van der Waals surface area (Å²) in [5, 5.41) is 9.32. The zero-order valence-electron chi connectivity index (χ0n) is 25.0. The molecule has 5 atom stereocenters. The summed E-state index contributed by atoms with van der Waals surface area (Å²) >= 11 is 0. The van der Waals surface area contributed by atoms with E-state index in [1.165, 1.54) is 15.8 Å². The number of ether oxygens (including phenoxy) is 5. The molecule has 0 bridgehead atoms. The van der Waals surface area contributed by atoms with E-state index in [0.29, 0.717) is 33.2 Å². The molecule has 236 valence electrons. The molecule has 0 aliphatic carbocycles. The van der Waals surface area contributed by atoms with Crippen LogP contribution in [-0.4, -0.2) is 92.8 Å². The van der Waals surface area contributed by atoms with Gasteiger partial charge in [-0.15, -0.1) is 5.10 Å². The van der Waals surface area contributed by atoms with Gasteiger partial charge in [0.2, 0.25) is 12.4 Å². The van der Waals surface area contributed by atoms with E-state index in [2.05, 4.69) is 10.3 Å². The molecule has 2 aliphatic rings. The summed E-state index contributed by atoms with van der Waals surface area (Å²) in [6, 6.07) is 8.48. The van der Waals surface area contributed by atoms with Crippen molar-refractivity contribution in [2.45, 2.75) is 71.9 Å². The molecule has 3 aromatic rings. The minimum Gasteiger partial charge on any atom is -0.456 e. The number of aromatic nitrogens is 3. The van der Waals surface area contributed by atoms with Crippen LogP contribution in [0.2, 0.25) is 0 Å². The first kappa shape index (κ1) is 31.3. The summed E-state index contributed by atoms with van der Waals surface area (Å²) < 4.78 is 29.1. The first-order chi connectivity index (χ1) is 21.4. The second-order valence-electron chi connectivity index (χ2n) is 10.4. The van der Waals surface area contributed by atoms with E-state index in [1.54, 1.807) is 37.3 Å². The second kappa shape index (κ2) is 12.4. The third-order valence-corrected chi connectivity index (χ3v) is 7.33. The predicted molar refractivity (Wildman–Crippen MR) is 151 cm³/mol. The van der Waals surface area contributed by atoms with Gasteiger partial charge in [0.15, 0.2) is 12.2 Å². The van der Waals surface area contributed by atoms with Crippen molar-refractivity contribution in [3.63, 3.8) is 0 Å². The first-order valence-corrected chi connectivity index (χ1v) is 14.1. The number of rotatable bonds is 8. The normalized spacial score (nSPS) is 22.6. The summed E-state index contributed by atoms with van der Waals surface area (Å²) in [7, 11) is 0. The van der Waals surface area contributed by atoms with Gasteiger partial charge in [-0.05, 0) is 24.4 Å². The highest BCUT2D eigenvalue weighted by atomic mass is 16.7. The second-order valence-corrected chi connectivity index (χ2v) is 10.4. The molecule has 0 saturated carbocycles. The van der Waals surface area contributed by atoms with Crippen molar-refractivity contribution < 1.29 is 52.5 Å². The molecule has 3 heterocycles. The van der Waals surface area contributed by atoms with Gasteiger partial charge in [0.25, 0.3) is 11.8 Å². The van der Waals surface area contributed by atoms with Gasteiger partial charge in [-0.2, -0.15) is 0 Å². The van der Waals surface area contributed by atoms with Crippen LogP contribution in [0.5, 0.6) is 0 Å². The molecule has 15 nitrogen and oxygen atoms in total.